The zero-order valence-electron chi connectivity index (χ0n) is 12.9. The zero-order chi connectivity index (χ0) is 14.1. The van der Waals surface area contributed by atoms with Gasteiger partial charge in [-0.15, -0.1) is 0 Å². The maximum absolute atomic E-state index is 6.03. The van der Waals surface area contributed by atoms with E-state index in [1.54, 1.807) is 0 Å². The molecule has 0 aliphatic rings. The summed E-state index contributed by atoms with van der Waals surface area (Å²) in [5.74, 6) is 0. The van der Waals surface area contributed by atoms with Gasteiger partial charge in [-0.2, -0.15) is 0 Å². The van der Waals surface area contributed by atoms with Crippen molar-refractivity contribution in [2.75, 3.05) is 13.6 Å². The SMILES string of the molecule is CCCCCCC(C)(CN)N(C)Cc1ccccc1. The summed E-state index contributed by atoms with van der Waals surface area (Å²) in [4.78, 5) is 2.41. The molecular formula is C17H30N2. The lowest BCUT2D eigenvalue weighted by Crippen LogP contribution is -2.49. The Morgan fingerprint density at radius 2 is 1.79 bits per heavy atom. The van der Waals surface area contributed by atoms with Crippen LogP contribution in [-0.4, -0.2) is 24.0 Å². The largest absolute Gasteiger partial charge is 0.329 e. The molecule has 1 aromatic rings. The molecule has 0 spiro atoms. The molecule has 1 rings (SSSR count). The van der Waals surface area contributed by atoms with Crippen LogP contribution in [0.5, 0.6) is 0 Å². The van der Waals surface area contributed by atoms with E-state index in [1.807, 2.05) is 0 Å². The van der Waals surface area contributed by atoms with Crippen molar-refractivity contribution in [2.45, 2.75) is 58.0 Å². The van der Waals surface area contributed by atoms with Crippen molar-refractivity contribution in [3.63, 3.8) is 0 Å². The van der Waals surface area contributed by atoms with Crippen LogP contribution in [0.1, 0.15) is 51.5 Å². The maximum atomic E-state index is 6.03. The number of unbranched alkanes of at least 4 members (excludes halogenated alkanes) is 3. The molecule has 0 saturated carbocycles. The van der Waals surface area contributed by atoms with Gasteiger partial charge in [-0.25, -0.2) is 0 Å². The average molecular weight is 262 g/mol. The van der Waals surface area contributed by atoms with Crippen LogP contribution in [-0.2, 0) is 6.54 Å². The Labute approximate surface area is 119 Å². The standard InChI is InChI=1S/C17H30N2/c1-4-5-6-10-13-17(2,15-18)19(3)14-16-11-8-7-9-12-16/h7-9,11-12H,4-6,10,13-15,18H2,1-3H3. The fraction of sp³-hybridized carbons (Fsp3) is 0.647. The Morgan fingerprint density at radius 1 is 1.11 bits per heavy atom. The predicted octanol–water partition coefficient (Wildman–Crippen LogP) is 3.81. The Hall–Kier alpha value is -0.860. The van der Waals surface area contributed by atoms with Crippen LogP contribution in [0.3, 0.4) is 0 Å². The monoisotopic (exact) mass is 262 g/mol. The number of rotatable bonds is 9. The third-order valence-corrected chi connectivity index (χ3v) is 4.19. The van der Waals surface area contributed by atoms with Gasteiger partial charge in [0.2, 0.25) is 0 Å². The van der Waals surface area contributed by atoms with Crippen LogP contribution >= 0.6 is 0 Å². The highest BCUT2D eigenvalue weighted by Gasteiger charge is 2.26. The molecule has 2 heteroatoms. The molecule has 0 fully saturated rings. The minimum absolute atomic E-state index is 0.115. The Morgan fingerprint density at radius 3 is 2.37 bits per heavy atom. The van der Waals surface area contributed by atoms with Crippen LogP contribution in [0, 0.1) is 0 Å². The summed E-state index contributed by atoms with van der Waals surface area (Å²) in [6.45, 7) is 6.25. The molecular weight excluding hydrogens is 232 g/mol. The van der Waals surface area contributed by atoms with Crippen molar-refractivity contribution in [2.24, 2.45) is 5.73 Å². The molecule has 19 heavy (non-hydrogen) atoms. The van der Waals surface area contributed by atoms with Crippen LogP contribution < -0.4 is 5.73 Å². The molecule has 1 atom stereocenters. The molecule has 0 aliphatic carbocycles. The van der Waals surface area contributed by atoms with Gasteiger partial charge in [0, 0.05) is 18.6 Å². The Balaban J connectivity index is 2.51. The lowest BCUT2D eigenvalue weighted by atomic mass is 9.92. The minimum Gasteiger partial charge on any atom is -0.329 e. The van der Waals surface area contributed by atoms with Crippen LogP contribution in [0.4, 0.5) is 0 Å². The fourth-order valence-corrected chi connectivity index (χ4v) is 2.43. The maximum Gasteiger partial charge on any atom is 0.0304 e. The van der Waals surface area contributed by atoms with E-state index in [2.05, 4.69) is 56.1 Å². The Bertz CT molecular complexity index is 336. The van der Waals surface area contributed by atoms with Gasteiger partial charge in [-0.1, -0.05) is 62.9 Å². The van der Waals surface area contributed by atoms with E-state index in [0.717, 1.165) is 13.1 Å². The van der Waals surface area contributed by atoms with Gasteiger partial charge < -0.3 is 5.73 Å². The second-order valence-electron chi connectivity index (χ2n) is 5.85. The molecule has 0 radical (unpaired) electrons. The average Bonchev–Trinajstić information content (AvgIpc) is 2.44. The molecule has 0 heterocycles. The molecule has 0 saturated heterocycles. The number of hydrogen-bond acceptors (Lipinski definition) is 2. The van der Waals surface area contributed by atoms with Gasteiger partial charge in [0.25, 0.3) is 0 Å². The van der Waals surface area contributed by atoms with Crippen molar-refractivity contribution in [1.29, 1.82) is 0 Å². The first-order valence-corrected chi connectivity index (χ1v) is 7.57. The van der Waals surface area contributed by atoms with Crippen molar-refractivity contribution in [1.82, 2.24) is 4.90 Å². The van der Waals surface area contributed by atoms with Gasteiger partial charge in [0.1, 0.15) is 0 Å². The first kappa shape index (κ1) is 16.2. The van der Waals surface area contributed by atoms with E-state index >= 15 is 0 Å². The smallest absolute Gasteiger partial charge is 0.0304 e. The van der Waals surface area contributed by atoms with Crippen LogP contribution in [0.15, 0.2) is 30.3 Å². The Kier molecular flexibility index (Phi) is 7.11. The normalized spacial score (nSPS) is 14.6. The summed E-state index contributed by atoms with van der Waals surface area (Å²) in [6, 6.07) is 10.6. The van der Waals surface area contributed by atoms with E-state index in [9.17, 15) is 0 Å². The summed E-state index contributed by atoms with van der Waals surface area (Å²) in [7, 11) is 2.19. The first-order valence-electron chi connectivity index (χ1n) is 7.57. The minimum atomic E-state index is 0.115. The third-order valence-electron chi connectivity index (χ3n) is 4.19. The van der Waals surface area contributed by atoms with E-state index < -0.39 is 0 Å². The highest BCUT2D eigenvalue weighted by atomic mass is 15.2. The van der Waals surface area contributed by atoms with Crippen molar-refractivity contribution in [3.05, 3.63) is 35.9 Å². The number of nitrogens with two attached hydrogens (primary N) is 1. The summed E-state index contributed by atoms with van der Waals surface area (Å²) < 4.78 is 0. The molecule has 0 aliphatic heterocycles. The summed E-state index contributed by atoms with van der Waals surface area (Å²) >= 11 is 0. The number of benzene rings is 1. The van der Waals surface area contributed by atoms with Gasteiger partial charge in [0.15, 0.2) is 0 Å². The zero-order valence-corrected chi connectivity index (χ0v) is 12.9. The molecule has 1 unspecified atom stereocenters. The quantitative estimate of drug-likeness (QED) is 0.686. The molecule has 0 bridgehead atoms. The number of likely N-dealkylation sites (N-methyl/N-ethyl adjacent to an activating group) is 1. The number of nitrogens with zero attached hydrogens (tertiary/aromatic N) is 1. The lowest BCUT2D eigenvalue weighted by Gasteiger charge is -2.38. The predicted molar refractivity (Wildman–Crippen MR) is 84.1 cm³/mol. The van der Waals surface area contributed by atoms with E-state index in [0.29, 0.717) is 0 Å². The van der Waals surface area contributed by atoms with Crippen molar-refractivity contribution in [3.8, 4) is 0 Å². The second-order valence-corrected chi connectivity index (χ2v) is 5.85. The van der Waals surface area contributed by atoms with E-state index in [1.165, 1.54) is 37.7 Å². The third kappa shape index (κ3) is 5.33. The highest BCUT2D eigenvalue weighted by molar-refractivity contribution is 5.14. The van der Waals surface area contributed by atoms with Crippen molar-refractivity contribution < 1.29 is 0 Å². The molecule has 2 nitrogen and oxygen atoms in total. The lowest BCUT2D eigenvalue weighted by molar-refractivity contribution is 0.122. The van der Waals surface area contributed by atoms with E-state index in [4.69, 9.17) is 5.73 Å². The molecule has 2 N–H and O–H groups in total. The molecule has 0 amide bonds. The fourth-order valence-electron chi connectivity index (χ4n) is 2.43. The van der Waals surface area contributed by atoms with E-state index in [-0.39, 0.29) is 5.54 Å². The number of hydrogen-bond donors (Lipinski definition) is 1. The highest BCUT2D eigenvalue weighted by Crippen LogP contribution is 2.22. The molecule has 108 valence electrons. The molecule has 1 aromatic carbocycles. The second kappa shape index (κ2) is 8.34. The van der Waals surface area contributed by atoms with Gasteiger partial charge in [-0.3, -0.25) is 4.90 Å². The van der Waals surface area contributed by atoms with Crippen molar-refractivity contribution >= 4 is 0 Å². The summed E-state index contributed by atoms with van der Waals surface area (Å²) in [6.07, 6.45) is 6.42. The van der Waals surface area contributed by atoms with Crippen LogP contribution in [0.25, 0.3) is 0 Å². The summed E-state index contributed by atoms with van der Waals surface area (Å²) in [5, 5.41) is 0. The van der Waals surface area contributed by atoms with Crippen LogP contribution in [0.2, 0.25) is 0 Å². The van der Waals surface area contributed by atoms with Gasteiger partial charge in [0.05, 0.1) is 0 Å². The van der Waals surface area contributed by atoms with Gasteiger partial charge in [-0.05, 0) is 26.0 Å². The van der Waals surface area contributed by atoms with Gasteiger partial charge >= 0.3 is 0 Å². The topological polar surface area (TPSA) is 29.3 Å². The first-order chi connectivity index (χ1) is 9.12. The molecule has 0 aromatic heterocycles. The summed E-state index contributed by atoms with van der Waals surface area (Å²) in [5.41, 5.74) is 7.51.